The molecule has 0 radical (unpaired) electrons. The van der Waals surface area contributed by atoms with Gasteiger partial charge in [-0.1, -0.05) is 6.92 Å². The fraction of sp³-hybridized carbons (Fsp3) is 0.250. The zero-order valence-electron chi connectivity index (χ0n) is 15.5. The number of benzene rings is 2. The van der Waals surface area contributed by atoms with E-state index in [2.05, 4.69) is 5.32 Å². The van der Waals surface area contributed by atoms with Crippen molar-refractivity contribution in [3.8, 4) is 5.75 Å². The molecular weight excluding hydrogens is 369 g/mol. The minimum Gasteiger partial charge on any atom is -0.494 e. The molecule has 0 saturated carbocycles. The summed E-state index contributed by atoms with van der Waals surface area (Å²) in [4.78, 5) is 35.5. The second kappa shape index (κ2) is 10.1. The second-order valence-electron chi connectivity index (χ2n) is 5.69. The van der Waals surface area contributed by atoms with E-state index in [0.717, 1.165) is 12.5 Å². The van der Waals surface area contributed by atoms with Crippen molar-refractivity contribution in [2.75, 3.05) is 25.6 Å². The average molecular weight is 389 g/mol. The maximum atomic E-state index is 13.6. The molecule has 0 atom stereocenters. The minimum atomic E-state index is -0.842. The van der Waals surface area contributed by atoms with Gasteiger partial charge in [-0.2, -0.15) is 0 Å². The summed E-state index contributed by atoms with van der Waals surface area (Å²) >= 11 is 0. The molecule has 0 fully saturated rings. The first kappa shape index (κ1) is 20.9. The first-order valence-electron chi connectivity index (χ1n) is 8.52. The molecule has 0 spiro atoms. The number of halogens is 1. The van der Waals surface area contributed by atoms with Crippen molar-refractivity contribution < 1.29 is 33.0 Å². The number of methoxy groups -OCH3 is 1. The van der Waals surface area contributed by atoms with Gasteiger partial charge >= 0.3 is 11.9 Å². The van der Waals surface area contributed by atoms with Gasteiger partial charge in [0.25, 0.3) is 5.91 Å². The summed E-state index contributed by atoms with van der Waals surface area (Å²) in [5.74, 6) is -2.58. The van der Waals surface area contributed by atoms with Crippen molar-refractivity contribution in [1.82, 2.24) is 0 Å². The summed E-state index contributed by atoms with van der Waals surface area (Å²) in [7, 11) is 1.31. The highest BCUT2D eigenvalue weighted by Gasteiger charge is 2.14. The Kier molecular flexibility index (Phi) is 7.50. The van der Waals surface area contributed by atoms with Gasteiger partial charge in [-0.05, 0) is 48.9 Å². The first-order chi connectivity index (χ1) is 13.4. The van der Waals surface area contributed by atoms with Crippen molar-refractivity contribution in [1.29, 1.82) is 0 Å². The molecule has 2 aromatic carbocycles. The topological polar surface area (TPSA) is 90.9 Å². The van der Waals surface area contributed by atoms with Gasteiger partial charge in [0.05, 0.1) is 24.8 Å². The van der Waals surface area contributed by atoms with Crippen LogP contribution in [0.3, 0.4) is 0 Å². The molecule has 0 aliphatic rings. The van der Waals surface area contributed by atoms with Gasteiger partial charge in [0, 0.05) is 5.69 Å². The highest BCUT2D eigenvalue weighted by Crippen LogP contribution is 2.18. The van der Waals surface area contributed by atoms with Crippen LogP contribution in [0.4, 0.5) is 10.1 Å². The highest BCUT2D eigenvalue weighted by molar-refractivity contribution is 5.96. The van der Waals surface area contributed by atoms with Crippen molar-refractivity contribution >= 4 is 23.5 Å². The lowest BCUT2D eigenvalue weighted by Gasteiger charge is -2.08. The molecule has 2 rings (SSSR count). The van der Waals surface area contributed by atoms with Crippen molar-refractivity contribution in [3.05, 3.63) is 59.4 Å². The summed E-state index contributed by atoms with van der Waals surface area (Å²) < 4.78 is 28.3. The number of amides is 1. The van der Waals surface area contributed by atoms with Gasteiger partial charge in [0.1, 0.15) is 0 Å². The van der Waals surface area contributed by atoms with E-state index in [9.17, 15) is 18.8 Å². The Hall–Kier alpha value is -3.42. The van der Waals surface area contributed by atoms with E-state index in [1.54, 1.807) is 0 Å². The molecule has 0 bridgehead atoms. The van der Waals surface area contributed by atoms with Crippen LogP contribution in [-0.4, -0.2) is 38.2 Å². The van der Waals surface area contributed by atoms with E-state index >= 15 is 0 Å². The van der Waals surface area contributed by atoms with Crippen molar-refractivity contribution in [3.63, 3.8) is 0 Å². The van der Waals surface area contributed by atoms with Crippen LogP contribution >= 0.6 is 0 Å². The average Bonchev–Trinajstić information content (AvgIpc) is 2.70. The number of carbonyl (C=O) groups excluding carboxylic acids is 3. The number of hydrogen-bond acceptors (Lipinski definition) is 6. The molecule has 7 nitrogen and oxygen atoms in total. The monoisotopic (exact) mass is 389 g/mol. The van der Waals surface area contributed by atoms with Crippen LogP contribution in [0.25, 0.3) is 0 Å². The molecule has 0 aliphatic heterocycles. The number of ether oxygens (including phenoxy) is 3. The predicted octanol–water partition coefficient (Wildman–Crippen LogP) is 3.20. The highest BCUT2D eigenvalue weighted by atomic mass is 19.1. The Morgan fingerprint density at radius 2 is 1.61 bits per heavy atom. The molecule has 0 unspecified atom stereocenters. The van der Waals surface area contributed by atoms with Gasteiger partial charge < -0.3 is 19.5 Å². The number of carbonyl (C=O) groups is 3. The lowest BCUT2D eigenvalue weighted by molar-refractivity contribution is -0.119. The van der Waals surface area contributed by atoms with Gasteiger partial charge in [0.15, 0.2) is 18.2 Å². The van der Waals surface area contributed by atoms with Gasteiger partial charge in [-0.3, -0.25) is 4.79 Å². The van der Waals surface area contributed by atoms with E-state index in [-0.39, 0.29) is 11.3 Å². The normalized spacial score (nSPS) is 10.1. The van der Waals surface area contributed by atoms with Crippen molar-refractivity contribution in [2.45, 2.75) is 13.3 Å². The minimum absolute atomic E-state index is 0.00341. The van der Waals surface area contributed by atoms with E-state index in [0.29, 0.717) is 17.9 Å². The Morgan fingerprint density at radius 1 is 0.964 bits per heavy atom. The fourth-order valence-corrected chi connectivity index (χ4v) is 2.17. The standard InChI is InChI=1S/C20H20FNO6/c1-3-10-27-19(24)13-4-7-15(8-5-13)22-18(23)12-28-20(25)14-6-9-17(26-2)16(21)11-14/h4-9,11H,3,10,12H2,1-2H3,(H,22,23). The van der Waals surface area contributed by atoms with Crippen LogP contribution in [0.15, 0.2) is 42.5 Å². The van der Waals surface area contributed by atoms with Crippen LogP contribution in [0.1, 0.15) is 34.1 Å². The number of anilines is 1. The third-order valence-corrected chi connectivity index (χ3v) is 3.56. The third-order valence-electron chi connectivity index (χ3n) is 3.56. The molecule has 0 saturated heterocycles. The number of hydrogen-bond donors (Lipinski definition) is 1. The Bertz CT molecular complexity index is 850. The molecule has 28 heavy (non-hydrogen) atoms. The van der Waals surface area contributed by atoms with E-state index in [1.807, 2.05) is 6.92 Å². The second-order valence-corrected chi connectivity index (χ2v) is 5.69. The molecular formula is C20H20FNO6. The largest absolute Gasteiger partial charge is 0.494 e. The zero-order valence-corrected chi connectivity index (χ0v) is 15.5. The summed E-state index contributed by atoms with van der Waals surface area (Å²) in [6.45, 7) is 1.68. The van der Waals surface area contributed by atoms with Gasteiger partial charge in [0.2, 0.25) is 0 Å². The van der Waals surface area contributed by atoms with Crippen molar-refractivity contribution in [2.24, 2.45) is 0 Å². The Morgan fingerprint density at radius 3 is 2.21 bits per heavy atom. The fourth-order valence-electron chi connectivity index (χ4n) is 2.17. The van der Waals surface area contributed by atoms with Crippen LogP contribution in [0.2, 0.25) is 0 Å². The molecule has 148 valence electrons. The number of nitrogens with one attached hydrogen (secondary N) is 1. The van der Waals surface area contributed by atoms with E-state index < -0.39 is 30.3 Å². The third kappa shape index (κ3) is 5.80. The van der Waals surface area contributed by atoms with Crippen LogP contribution in [0, 0.1) is 5.82 Å². The molecule has 2 aromatic rings. The van der Waals surface area contributed by atoms with Crippen LogP contribution < -0.4 is 10.1 Å². The summed E-state index contributed by atoms with van der Waals surface area (Å²) in [5.41, 5.74) is 0.740. The van der Waals surface area contributed by atoms with E-state index in [1.165, 1.54) is 43.5 Å². The SMILES string of the molecule is CCCOC(=O)c1ccc(NC(=O)COC(=O)c2ccc(OC)c(F)c2)cc1. The molecule has 8 heteroatoms. The molecule has 0 aromatic heterocycles. The quantitative estimate of drug-likeness (QED) is 0.698. The van der Waals surface area contributed by atoms with E-state index in [4.69, 9.17) is 14.2 Å². The molecule has 0 aliphatic carbocycles. The first-order valence-corrected chi connectivity index (χ1v) is 8.52. The summed E-state index contributed by atoms with van der Waals surface area (Å²) in [6.07, 6.45) is 0.724. The molecule has 1 N–H and O–H groups in total. The number of rotatable bonds is 8. The molecule has 1 amide bonds. The summed E-state index contributed by atoms with van der Waals surface area (Å²) in [5, 5.41) is 2.53. The van der Waals surface area contributed by atoms with Gasteiger partial charge in [-0.15, -0.1) is 0 Å². The smallest absolute Gasteiger partial charge is 0.338 e. The van der Waals surface area contributed by atoms with Crippen LogP contribution in [-0.2, 0) is 14.3 Å². The molecule has 0 heterocycles. The predicted molar refractivity (Wildman–Crippen MR) is 98.9 cm³/mol. The number of esters is 2. The Balaban J connectivity index is 1.86. The summed E-state index contributed by atoms with van der Waals surface area (Å²) in [6, 6.07) is 9.68. The maximum Gasteiger partial charge on any atom is 0.338 e. The lowest BCUT2D eigenvalue weighted by atomic mass is 10.2. The Labute approximate surface area is 161 Å². The van der Waals surface area contributed by atoms with Crippen LogP contribution in [0.5, 0.6) is 5.75 Å². The lowest BCUT2D eigenvalue weighted by Crippen LogP contribution is -2.21. The zero-order chi connectivity index (χ0) is 20.5. The maximum absolute atomic E-state index is 13.6. The van der Waals surface area contributed by atoms with Gasteiger partial charge in [-0.25, -0.2) is 14.0 Å².